The third kappa shape index (κ3) is 2.13. The quantitative estimate of drug-likeness (QED) is 0.683. The Balaban J connectivity index is 2.08. The number of nitrogen functional groups attached to an aromatic ring is 1. The zero-order valence-corrected chi connectivity index (χ0v) is 9.77. The highest BCUT2D eigenvalue weighted by atomic mass is 16.5. The van der Waals surface area contributed by atoms with Crippen LogP contribution in [0.4, 0.5) is 11.6 Å². The number of hydrogen-bond acceptors (Lipinski definition) is 5. The number of H-pyrrole nitrogens is 1. The molecule has 1 amide bonds. The minimum absolute atomic E-state index is 0.00253. The highest BCUT2D eigenvalue weighted by Crippen LogP contribution is 2.31. The van der Waals surface area contributed by atoms with Crippen LogP contribution in [0.15, 0.2) is 29.1 Å². The van der Waals surface area contributed by atoms with Gasteiger partial charge in [0.05, 0.1) is 11.4 Å². The van der Waals surface area contributed by atoms with E-state index in [0.717, 1.165) is 0 Å². The summed E-state index contributed by atoms with van der Waals surface area (Å²) >= 11 is 0. The number of nitrogens with one attached hydrogen (secondary N) is 2. The second-order valence-electron chi connectivity index (χ2n) is 4.06. The lowest BCUT2D eigenvalue weighted by molar-refractivity contribution is -0.118. The van der Waals surface area contributed by atoms with Crippen LogP contribution in [0.2, 0.25) is 0 Å². The lowest BCUT2D eigenvalue weighted by Gasteiger charge is -2.18. The second kappa shape index (κ2) is 4.13. The van der Waals surface area contributed by atoms with E-state index < -0.39 is 0 Å². The molecule has 1 aliphatic heterocycles. The smallest absolute Gasteiger partial charge is 0.262 e. The third-order valence-corrected chi connectivity index (χ3v) is 2.67. The van der Waals surface area contributed by atoms with Crippen molar-refractivity contribution in [3.63, 3.8) is 0 Å². The van der Waals surface area contributed by atoms with Gasteiger partial charge in [0, 0.05) is 11.6 Å². The molecule has 0 fully saturated rings. The van der Waals surface area contributed by atoms with Crippen molar-refractivity contribution in [2.45, 2.75) is 0 Å². The molecule has 0 atom stereocenters. The SMILES string of the molecule is Nc1nc(-c2ccc3c(c2)NC(=O)CO3)cc(=O)[nH]1. The third-order valence-electron chi connectivity index (χ3n) is 2.67. The molecule has 1 aliphatic rings. The standard InChI is InChI=1S/C12H10N4O3/c13-12-15-7(4-10(17)16-12)6-1-2-9-8(3-6)14-11(18)5-19-9/h1-4H,5H2,(H,14,18)(H3,13,15,16,17). The molecule has 1 aromatic heterocycles. The van der Waals surface area contributed by atoms with Crippen LogP contribution in [0.3, 0.4) is 0 Å². The number of aromatic nitrogens is 2. The van der Waals surface area contributed by atoms with Gasteiger partial charge < -0.3 is 15.8 Å². The molecule has 0 aliphatic carbocycles. The van der Waals surface area contributed by atoms with Crippen LogP contribution in [-0.2, 0) is 4.79 Å². The van der Waals surface area contributed by atoms with Gasteiger partial charge in [0.15, 0.2) is 6.61 Å². The molecule has 96 valence electrons. The first-order valence-corrected chi connectivity index (χ1v) is 5.56. The molecule has 0 saturated heterocycles. The summed E-state index contributed by atoms with van der Waals surface area (Å²) in [7, 11) is 0. The molecule has 0 saturated carbocycles. The van der Waals surface area contributed by atoms with Crippen molar-refractivity contribution in [2.75, 3.05) is 17.7 Å². The molecular weight excluding hydrogens is 248 g/mol. The van der Waals surface area contributed by atoms with Crippen LogP contribution < -0.4 is 21.3 Å². The number of aromatic amines is 1. The van der Waals surface area contributed by atoms with Gasteiger partial charge in [-0.25, -0.2) is 4.98 Å². The number of benzene rings is 1. The molecule has 1 aromatic carbocycles. The largest absolute Gasteiger partial charge is 0.482 e. The van der Waals surface area contributed by atoms with Gasteiger partial charge in [0.1, 0.15) is 5.75 Å². The molecule has 2 heterocycles. The predicted molar refractivity (Wildman–Crippen MR) is 68.8 cm³/mol. The average Bonchev–Trinajstić information content (AvgIpc) is 2.36. The van der Waals surface area contributed by atoms with Crippen LogP contribution in [0.1, 0.15) is 0 Å². The fraction of sp³-hybridized carbons (Fsp3) is 0.0833. The zero-order valence-electron chi connectivity index (χ0n) is 9.77. The molecule has 4 N–H and O–H groups in total. The normalized spacial score (nSPS) is 13.4. The number of amides is 1. The minimum atomic E-state index is -0.333. The van der Waals surface area contributed by atoms with Gasteiger partial charge in [0.25, 0.3) is 11.5 Å². The fourth-order valence-corrected chi connectivity index (χ4v) is 1.87. The summed E-state index contributed by atoms with van der Waals surface area (Å²) in [6.07, 6.45) is 0. The maximum Gasteiger partial charge on any atom is 0.262 e. The van der Waals surface area contributed by atoms with E-state index >= 15 is 0 Å². The van der Waals surface area contributed by atoms with Crippen molar-refractivity contribution in [1.29, 1.82) is 0 Å². The second-order valence-corrected chi connectivity index (χ2v) is 4.06. The Kier molecular flexibility index (Phi) is 2.45. The van der Waals surface area contributed by atoms with Crippen molar-refractivity contribution in [1.82, 2.24) is 9.97 Å². The lowest BCUT2D eigenvalue weighted by atomic mass is 10.1. The summed E-state index contributed by atoms with van der Waals surface area (Å²) in [6.45, 7) is 0.00253. The van der Waals surface area contributed by atoms with Crippen molar-refractivity contribution < 1.29 is 9.53 Å². The van der Waals surface area contributed by atoms with E-state index in [-0.39, 0.29) is 24.0 Å². The van der Waals surface area contributed by atoms with E-state index in [1.54, 1.807) is 18.2 Å². The Labute approximate surface area is 107 Å². The minimum Gasteiger partial charge on any atom is -0.482 e. The molecule has 2 aromatic rings. The summed E-state index contributed by atoms with van der Waals surface area (Å²) in [4.78, 5) is 29.0. The molecule has 0 spiro atoms. The first-order chi connectivity index (χ1) is 9.11. The van der Waals surface area contributed by atoms with E-state index in [1.807, 2.05) is 0 Å². The monoisotopic (exact) mass is 258 g/mol. The first-order valence-electron chi connectivity index (χ1n) is 5.56. The van der Waals surface area contributed by atoms with Gasteiger partial charge in [-0.15, -0.1) is 0 Å². The van der Waals surface area contributed by atoms with Crippen molar-refractivity contribution in [3.05, 3.63) is 34.6 Å². The van der Waals surface area contributed by atoms with Crippen LogP contribution in [-0.4, -0.2) is 22.5 Å². The van der Waals surface area contributed by atoms with Gasteiger partial charge in [-0.1, -0.05) is 0 Å². The topological polar surface area (TPSA) is 110 Å². The van der Waals surface area contributed by atoms with Crippen LogP contribution in [0.25, 0.3) is 11.3 Å². The Hall–Kier alpha value is -2.83. The number of hydrogen-bond donors (Lipinski definition) is 3. The maximum absolute atomic E-state index is 11.4. The van der Waals surface area contributed by atoms with Crippen molar-refractivity contribution >= 4 is 17.5 Å². The maximum atomic E-state index is 11.4. The summed E-state index contributed by atoms with van der Waals surface area (Å²) in [6, 6.07) is 6.48. The Morgan fingerprint density at radius 3 is 2.89 bits per heavy atom. The van der Waals surface area contributed by atoms with E-state index in [1.165, 1.54) is 6.07 Å². The van der Waals surface area contributed by atoms with Gasteiger partial charge in [-0.2, -0.15) is 0 Å². The van der Waals surface area contributed by atoms with Gasteiger partial charge >= 0.3 is 0 Å². The lowest BCUT2D eigenvalue weighted by Crippen LogP contribution is -2.25. The zero-order chi connectivity index (χ0) is 13.4. The first kappa shape index (κ1) is 11.3. The van der Waals surface area contributed by atoms with Gasteiger partial charge in [-0.05, 0) is 18.2 Å². The number of ether oxygens (including phenoxy) is 1. The fourth-order valence-electron chi connectivity index (χ4n) is 1.87. The van der Waals surface area contributed by atoms with Crippen LogP contribution in [0, 0.1) is 0 Å². The Bertz CT molecular complexity index is 723. The van der Waals surface area contributed by atoms with Gasteiger partial charge in [-0.3, -0.25) is 14.6 Å². The molecular formula is C12H10N4O3. The molecule has 19 heavy (non-hydrogen) atoms. The molecule has 7 nitrogen and oxygen atoms in total. The number of carbonyl (C=O) groups is 1. The highest BCUT2D eigenvalue weighted by molar-refractivity contribution is 5.96. The summed E-state index contributed by atoms with van der Waals surface area (Å²) < 4.78 is 5.25. The van der Waals surface area contributed by atoms with Crippen LogP contribution >= 0.6 is 0 Å². The molecule has 0 bridgehead atoms. The molecule has 7 heteroatoms. The average molecular weight is 258 g/mol. The highest BCUT2D eigenvalue weighted by Gasteiger charge is 2.16. The van der Waals surface area contributed by atoms with Crippen LogP contribution in [0.5, 0.6) is 5.75 Å². The number of carbonyl (C=O) groups excluding carboxylic acids is 1. The van der Waals surface area contributed by atoms with Crippen molar-refractivity contribution in [2.24, 2.45) is 0 Å². The Morgan fingerprint density at radius 2 is 2.11 bits per heavy atom. The molecule has 3 rings (SSSR count). The summed E-state index contributed by atoms with van der Waals surface area (Å²) in [5, 5.41) is 2.69. The number of nitrogens with two attached hydrogens (primary N) is 1. The number of rotatable bonds is 1. The summed E-state index contributed by atoms with van der Waals surface area (Å²) in [5.74, 6) is 0.407. The van der Waals surface area contributed by atoms with E-state index in [9.17, 15) is 9.59 Å². The summed E-state index contributed by atoms with van der Waals surface area (Å²) in [5.41, 5.74) is 6.82. The van der Waals surface area contributed by atoms with E-state index in [0.29, 0.717) is 22.7 Å². The number of fused-ring (bicyclic) bond motifs is 1. The predicted octanol–water partition coefficient (Wildman–Crippen LogP) is 0.350. The number of anilines is 2. The Morgan fingerprint density at radius 1 is 1.26 bits per heavy atom. The number of nitrogens with zero attached hydrogens (tertiary/aromatic N) is 1. The molecule has 0 radical (unpaired) electrons. The van der Waals surface area contributed by atoms with Crippen molar-refractivity contribution in [3.8, 4) is 17.0 Å². The van der Waals surface area contributed by atoms with Gasteiger partial charge in [0.2, 0.25) is 5.95 Å². The molecule has 0 unspecified atom stereocenters. The van der Waals surface area contributed by atoms with E-state index in [2.05, 4.69) is 15.3 Å². The van der Waals surface area contributed by atoms with E-state index in [4.69, 9.17) is 10.5 Å².